The van der Waals surface area contributed by atoms with Gasteiger partial charge in [-0.3, -0.25) is 24.6 Å². The number of halogens is 1. The molecule has 0 saturated heterocycles. The Balaban J connectivity index is 1.63. The molecule has 1 aliphatic rings. The summed E-state index contributed by atoms with van der Waals surface area (Å²) >= 11 is 3.03. The maximum Gasteiger partial charge on any atom is 0.338 e. The highest BCUT2D eigenvalue weighted by Gasteiger charge is 2.34. The van der Waals surface area contributed by atoms with Crippen LogP contribution in [0.4, 0.5) is 5.69 Å². The fourth-order valence-electron chi connectivity index (χ4n) is 2.53. The maximum absolute atomic E-state index is 12.2. The van der Waals surface area contributed by atoms with Crippen LogP contribution in [0.15, 0.2) is 46.9 Å². The first-order valence-corrected chi connectivity index (χ1v) is 8.25. The van der Waals surface area contributed by atoms with Gasteiger partial charge in [0.05, 0.1) is 32.6 Å². The van der Waals surface area contributed by atoms with Crippen LogP contribution in [0.25, 0.3) is 0 Å². The fraction of sp³-hybridized carbons (Fsp3) is 0.118. The number of nitro benzene ring substituents is 1. The Labute approximate surface area is 155 Å². The Morgan fingerprint density at radius 3 is 2.31 bits per heavy atom. The third-order valence-corrected chi connectivity index (χ3v) is 4.48. The minimum atomic E-state index is -0.780. The van der Waals surface area contributed by atoms with Crippen LogP contribution < -0.4 is 0 Å². The van der Waals surface area contributed by atoms with Crippen molar-refractivity contribution in [2.75, 3.05) is 13.2 Å². The summed E-state index contributed by atoms with van der Waals surface area (Å²) in [5.74, 6) is -1.67. The number of ether oxygens (including phenoxy) is 1. The van der Waals surface area contributed by atoms with Crippen LogP contribution in [0, 0.1) is 10.1 Å². The van der Waals surface area contributed by atoms with Crippen LogP contribution in [-0.4, -0.2) is 40.8 Å². The van der Waals surface area contributed by atoms with E-state index in [1.54, 1.807) is 24.3 Å². The lowest BCUT2D eigenvalue weighted by atomic mass is 10.1. The Hall–Kier alpha value is -3.07. The standard InChI is InChI=1S/C17H11BrN2O6/c18-13-6-5-10(9-14(13)20(24)25)17(23)26-8-7-19-15(21)11-3-1-2-4-12(11)16(19)22/h1-6,9H,7-8H2. The fourth-order valence-corrected chi connectivity index (χ4v) is 2.93. The zero-order valence-electron chi connectivity index (χ0n) is 13.2. The number of carbonyl (C=O) groups excluding carboxylic acids is 3. The molecule has 1 aliphatic heterocycles. The number of benzene rings is 2. The Bertz CT molecular complexity index is 908. The molecule has 0 unspecified atom stereocenters. The molecule has 2 amide bonds. The average Bonchev–Trinajstić information content (AvgIpc) is 2.87. The molecule has 0 aliphatic carbocycles. The van der Waals surface area contributed by atoms with Crippen LogP contribution in [0.1, 0.15) is 31.1 Å². The lowest BCUT2D eigenvalue weighted by molar-refractivity contribution is -0.385. The topological polar surface area (TPSA) is 107 Å². The van der Waals surface area contributed by atoms with E-state index in [4.69, 9.17) is 4.74 Å². The Kier molecular flexibility index (Phi) is 4.81. The third-order valence-electron chi connectivity index (χ3n) is 3.80. The van der Waals surface area contributed by atoms with Gasteiger partial charge in [-0.05, 0) is 40.2 Å². The van der Waals surface area contributed by atoms with E-state index in [9.17, 15) is 24.5 Å². The SMILES string of the molecule is O=C(OCCN1C(=O)c2ccccc2C1=O)c1ccc(Br)c([N+](=O)[O-])c1. The number of amides is 2. The molecule has 2 aromatic carbocycles. The van der Waals surface area contributed by atoms with E-state index in [0.717, 1.165) is 11.0 Å². The molecule has 0 aromatic heterocycles. The summed E-state index contributed by atoms with van der Waals surface area (Å²) < 4.78 is 5.28. The van der Waals surface area contributed by atoms with Gasteiger partial charge in [0.15, 0.2) is 0 Å². The Morgan fingerprint density at radius 2 is 1.73 bits per heavy atom. The number of esters is 1. The third kappa shape index (κ3) is 3.21. The van der Waals surface area contributed by atoms with Crippen molar-refractivity contribution in [3.8, 4) is 0 Å². The van der Waals surface area contributed by atoms with Gasteiger partial charge in [-0.25, -0.2) is 4.79 Å². The average molecular weight is 419 g/mol. The van der Waals surface area contributed by atoms with Crippen LogP contribution >= 0.6 is 15.9 Å². The van der Waals surface area contributed by atoms with Crippen molar-refractivity contribution in [2.45, 2.75) is 0 Å². The molecule has 26 heavy (non-hydrogen) atoms. The summed E-state index contributed by atoms with van der Waals surface area (Å²) in [5, 5.41) is 10.9. The number of nitro groups is 1. The molecule has 0 atom stereocenters. The quantitative estimate of drug-likeness (QED) is 0.319. The minimum absolute atomic E-state index is 0.00209. The molecule has 8 nitrogen and oxygen atoms in total. The predicted molar refractivity (Wildman–Crippen MR) is 92.9 cm³/mol. The van der Waals surface area contributed by atoms with Crippen molar-refractivity contribution >= 4 is 39.4 Å². The van der Waals surface area contributed by atoms with Gasteiger partial charge in [-0.1, -0.05) is 12.1 Å². The number of carbonyl (C=O) groups is 3. The molecule has 0 saturated carbocycles. The first-order chi connectivity index (χ1) is 12.4. The van der Waals surface area contributed by atoms with Gasteiger partial charge < -0.3 is 4.74 Å². The first kappa shape index (κ1) is 17.7. The monoisotopic (exact) mass is 418 g/mol. The highest BCUT2D eigenvalue weighted by molar-refractivity contribution is 9.10. The molecule has 0 fully saturated rings. The van der Waals surface area contributed by atoms with Crippen LogP contribution in [0.3, 0.4) is 0 Å². The van der Waals surface area contributed by atoms with Gasteiger partial charge in [0.25, 0.3) is 17.5 Å². The molecule has 0 spiro atoms. The van der Waals surface area contributed by atoms with Gasteiger partial charge in [0, 0.05) is 6.07 Å². The minimum Gasteiger partial charge on any atom is -0.460 e. The van der Waals surface area contributed by atoms with Crippen molar-refractivity contribution in [2.24, 2.45) is 0 Å². The second-order valence-corrected chi connectivity index (χ2v) is 6.22. The molecule has 0 N–H and O–H groups in total. The van der Waals surface area contributed by atoms with Crippen molar-refractivity contribution in [3.63, 3.8) is 0 Å². The van der Waals surface area contributed by atoms with Gasteiger partial charge in [0.2, 0.25) is 0 Å². The number of rotatable bonds is 5. The first-order valence-electron chi connectivity index (χ1n) is 7.46. The summed E-state index contributed by atoms with van der Waals surface area (Å²) in [6.07, 6.45) is 0. The second-order valence-electron chi connectivity index (χ2n) is 5.37. The zero-order chi connectivity index (χ0) is 18.8. The zero-order valence-corrected chi connectivity index (χ0v) is 14.8. The number of nitrogens with zero attached hydrogens (tertiary/aromatic N) is 2. The summed E-state index contributed by atoms with van der Waals surface area (Å²) in [5.41, 5.74) is 0.363. The lowest BCUT2D eigenvalue weighted by Crippen LogP contribution is -2.33. The van der Waals surface area contributed by atoms with E-state index in [1.807, 2.05) is 0 Å². The number of hydrogen-bond donors (Lipinski definition) is 0. The van der Waals surface area contributed by atoms with E-state index in [1.165, 1.54) is 12.1 Å². The molecule has 1 heterocycles. The molecular formula is C17H11BrN2O6. The van der Waals surface area contributed by atoms with Crippen molar-refractivity contribution < 1.29 is 24.0 Å². The number of imide groups is 1. The summed E-state index contributed by atoms with van der Waals surface area (Å²) in [7, 11) is 0. The molecule has 3 rings (SSSR count). The van der Waals surface area contributed by atoms with Crippen LogP contribution in [0.5, 0.6) is 0 Å². The van der Waals surface area contributed by atoms with E-state index in [0.29, 0.717) is 11.1 Å². The molecular weight excluding hydrogens is 408 g/mol. The van der Waals surface area contributed by atoms with Gasteiger partial charge in [-0.2, -0.15) is 0 Å². The van der Waals surface area contributed by atoms with E-state index in [2.05, 4.69) is 15.9 Å². The van der Waals surface area contributed by atoms with Crippen molar-refractivity contribution in [1.29, 1.82) is 0 Å². The van der Waals surface area contributed by atoms with E-state index >= 15 is 0 Å². The molecule has 0 radical (unpaired) electrons. The van der Waals surface area contributed by atoms with Crippen molar-refractivity contribution in [3.05, 3.63) is 73.7 Å². The Morgan fingerprint density at radius 1 is 1.12 bits per heavy atom. The highest BCUT2D eigenvalue weighted by Crippen LogP contribution is 2.26. The molecule has 9 heteroatoms. The number of fused-ring (bicyclic) bond motifs is 1. The van der Waals surface area contributed by atoms with Gasteiger partial charge in [-0.15, -0.1) is 0 Å². The lowest BCUT2D eigenvalue weighted by Gasteiger charge is -2.13. The van der Waals surface area contributed by atoms with E-state index in [-0.39, 0.29) is 28.9 Å². The summed E-state index contributed by atoms with van der Waals surface area (Å²) in [6.45, 7) is -0.315. The summed E-state index contributed by atoms with van der Waals surface area (Å²) in [4.78, 5) is 47.7. The van der Waals surface area contributed by atoms with Crippen LogP contribution in [-0.2, 0) is 4.74 Å². The molecule has 0 bridgehead atoms. The maximum atomic E-state index is 12.2. The smallest absolute Gasteiger partial charge is 0.338 e. The molecule has 2 aromatic rings. The predicted octanol–water partition coefficient (Wildman–Crippen LogP) is 2.81. The van der Waals surface area contributed by atoms with Crippen molar-refractivity contribution in [1.82, 2.24) is 4.90 Å². The van der Waals surface area contributed by atoms with Crippen LogP contribution in [0.2, 0.25) is 0 Å². The number of hydrogen-bond acceptors (Lipinski definition) is 6. The van der Waals surface area contributed by atoms with E-state index < -0.39 is 22.7 Å². The molecule has 132 valence electrons. The second kappa shape index (κ2) is 7.04. The largest absolute Gasteiger partial charge is 0.460 e. The normalized spacial score (nSPS) is 12.9. The van der Waals surface area contributed by atoms with Gasteiger partial charge >= 0.3 is 5.97 Å². The highest BCUT2D eigenvalue weighted by atomic mass is 79.9. The summed E-state index contributed by atoms with van der Waals surface area (Å²) in [6, 6.07) is 10.3. The van der Waals surface area contributed by atoms with Gasteiger partial charge in [0.1, 0.15) is 6.61 Å².